The van der Waals surface area contributed by atoms with E-state index < -0.39 is 0 Å². The van der Waals surface area contributed by atoms with Crippen LogP contribution in [0.2, 0.25) is 0 Å². The number of rotatable bonds is 8. The first-order valence-corrected chi connectivity index (χ1v) is 13.6. The highest BCUT2D eigenvalue weighted by Gasteiger charge is 2.22. The van der Waals surface area contributed by atoms with Crippen LogP contribution in [0.4, 0.5) is 10.1 Å². The summed E-state index contributed by atoms with van der Waals surface area (Å²) in [5.74, 6) is 0.157. The molecule has 5 rings (SSSR count). The smallest absolute Gasteiger partial charge is 0.165 e. The normalized spacial score (nSPS) is 15.9. The number of piperidine rings is 1. The topological polar surface area (TPSA) is 79.0 Å². The Bertz CT molecular complexity index is 1250. The lowest BCUT2D eigenvalue weighted by molar-refractivity contribution is 0.180. The van der Waals surface area contributed by atoms with Gasteiger partial charge in [0.15, 0.2) is 11.6 Å². The Morgan fingerprint density at radius 2 is 1.65 bits per heavy atom. The van der Waals surface area contributed by atoms with E-state index in [4.69, 9.17) is 10.5 Å². The van der Waals surface area contributed by atoms with E-state index in [1.165, 1.54) is 30.9 Å². The summed E-state index contributed by atoms with van der Waals surface area (Å²) in [5.41, 5.74) is 12.3. The Balaban J connectivity index is 1.32. The maximum Gasteiger partial charge on any atom is 0.165 e. The summed E-state index contributed by atoms with van der Waals surface area (Å²) in [6, 6.07) is 12.3. The Labute approximate surface area is 218 Å². The molecule has 0 radical (unpaired) electrons. The monoisotopic (exact) mass is 504 g/mol. The minimum Gasteiger partial charge on any atom is -0.507 e. The highest BCUT2D eigenvalue weighted by atomic mass is 19.1. The molecule has 1 aliphatic heterocycles. The predicted octanol–water partition coefficient (Wildman–Crippen LogP) is 6.01. The van der Waals surface area contributed by atoms with Gasteiger partial charge in [0, 0.05) is 12.1 Å². The summed E-state index contributed by atoms with van der Waals surface area (Å²) in [7, 11) is 0. The van der Waals surface area contributed by atoms with Gasteiger partial charge in [0.1, 0.15) is 18.1 Å². The van der Waals surface area contributed by atoms with Gasteiger partial charge >= 0.3 is 0 Å². The third kappa shape index (κ3) is 5.69. The number of halogens is 1. The standard InChI is InChI=1S/C31H37FN2O3/c32-26-20-21(9-15-29(26)37-19-18-34-16-4-1-5-17-34)8-11-25-24(12-14-28(36)31(25)33)30-23-7-3-2-6-22(23)10-13-27(30)35/h9-10,12-15,20,35-36H,1-8,11,16-19,33H2. The van der Waals surface area contributed by atoms with Crippen LogP contribution in [0, 0.1) is 5.82 Å². The zero-order valence-corrected chi connectivity index (χ0v) is 21.4. The summed E-state index contributed by atoms with van der Waals surface area (Å²) in [4.78, 5) is 2.37. The second-order valence-electron chi connectivity index (χ2n) is 10.3. The summed E-state index contributed by atoms with van der Waals surface area (Å²) in [6.45, 7) is 3.48. The molecule has 4 N–H and O–H groups in total. The van der Waals surface area contributed by atoms with Crippen molar-refractivity contribution in [3.8, 4) is 28.4 Å². The first-order valence-electron chi connectivity index (χ1n) is 13.6. The molecule has 1 aliphatic carbocycles. The predicted molar refractivity (Wildman–Crippen MR) is 146 cm³/mol. The number of phenolic OH excluding ortho intramolecular Hbond substituents is 2. The van der Waals surface area contributed by atoms with E-state index in [0.29, 0.717) is 25.1 Å². The van der Waals surface area contributed by atoms with Gasteiger partial charge in [-0.05, 0) is 117 Å². The Hall–Kier alpha value is -3.25. The maximum absolute atomic E-state index is 14.8. The molecule has 0 amide bonds. The zero-order valence-electron chi connectivity index (χ0n) is 21.4. The summed E-state index contributed by atoms with van der Waals surface area (Å²) in [6.07, 6.45) is 8.92. The molecule has 37 heavy (non-hydrogen) atoms. The molecular weight excluding hydrogens is 467 g/mol. The number of likely N-dealkylation sites (tertiary alicyclic amines) is 1. The van der Waals surface area contributed by atoms with Crippen LogP contribution in [0.3, 0.4) is 0 Å². The molecule has 3 aromatic carbocycles. The lowest BCUT2D eigenvalue weighted by Gasteiger charge is -2.26. The molecule has 0 unspecified atom stereocenters. The Morgan fingerprint density at radius 1 is 0.865 bits per heavy atom. The van der Waals surface area contributed by atoms with Crippen molar-refractivity contribution in [3.63, 3.8) is 0 Å². The van der Waals surface area contributed by atoms with Crippen LogP contribution in [0.15, 0.2) is 42.5 Å². The van der Waals surface area contributed by atoms with Crippen molar-refractivity contribution in [2.75, 3.05) is 32.0 Å². The molecule has 5 nitrogen and oxygen atoms in total. The fourth-order valence-corrected chi connectivity index (χ4v) is 5.83. The Kier molecular flexibility index (Phi) is 7.85. The van der Waals surface area contributed by atoms with E-state index in [2.05, 4.69) is 4.90 Å². The summed E-state index contributed by atoms with van der Waals surface area (Å²) >= 11 is 0. The van der Waals surface area contributed by atoms with Crippen molar-refractivity contribution in [1.29, 1.82) is 0 Å². The van der Waals surface area contributed by atoms with Crippen molar-refractivity contribution >= 4 is 5.69 Å². The number of ether oxygens (including phenoxy) is 1. The zero-order chi connectivity index (χ0) is 25.8. The van der Waals surface area contributed by atoms with E-state index in [0.717, 1.165) is 73.1 Å². The van der Waals surface area contributed by atoms with Crippen LogP contribution in [0.25, 0.3) is 11.1 Å². The van der Waals surface area contributed by atoms with Crippen molar-refractivity contribution in [3.05, 3.63) is 70.5 Å². The van der Waals surface area contributed by atoms with Crippen LogP contribution >= 0.6 is 0 Å². The number of hydrogen-bond acceptors (Lipinski definition) is 5. The molecular formula is C31H37FN2O3. The van der Waals surface area contributed by atoms with Gasteiger partial charge in [-0.3, -0.25) is 4.90 Å². The van der Waals surface area contributed by atoms with Crippen molar-refractivity contribution in [2.45, 2.75) is 57.8 Å². The molecule has 6 heteroatoms. The molecule has 0 saturated carbocycles. The van der Waals surface area contributed by atoms with Crippen molar-refractivity contribution in [2.24, 2.45) is 0 Å². The molecule has 0 atom stereocenters. The first-order chi connectivity index (χ1) is 18.0. The van der Waals surface area contributed by atoms with E-state index in [1.54, 1.807) is 18.2 Å². The second-order valence-corrected chi connectivity index (χ2v) is 10.3. The van der Waals surface area contributed by atoms with Crippen LogP contribution < -0.4 is 10.5 Å². The minimum atomic E-state index is -0.366. The van der Waals surface area contributed by atoms with E-state index in [1.807, 2.05) is 18.2 Å². The highest BCUT2D eigenvalue weighted by Crippen LogP contribution is 2.43. The molecule has 1 heterocycles. The van der Waals surface area contributed by atoms with Gasteiger partial charge in [0.25, 0.3) is 0 Å². The number of fused-ring (bicyclic) bond motifs is 1. The summed E-state index contributed by atoms with van der Waals surface area (Å²) in [5, 5.41) is 21.2. The lowest BCUT2D eigenvalue weighted by atomic mass is 9.83. The van der Waals surface area contributed by atoms with Gasteiger partial charge in [-0.15, -0.1) is 0 Å². The van der Waals surface area contributed by atoms with Crippen LogP contribution in [-0.2, 0) is 25.7 Å². The molecule has 0 aromatic heterocycles. The largest absolute Gasteiger partial charge is 0.507 e. The molecule has 2 aliphatic rings. The summed E-state index contributed by atoms with van der Waals surface area (Å²) < 4.78 is 20.6. The van der Waals surface area contributed by atoms with Crippen LogP contribution in [0.5, 0.6) is 17.2 Å². The molecule has 0 bridgehead atoms. The minimum absolute atomic E-state index is 0.0201. The number of nitrogen functional groups attached to an aromatic ring is 1. The highest BCUT2D eigenvalue weighted by molar-refractivity contribution is 5.82. The maximum atomic E-state index is 14.8. The number of nitrogens with two attached hydrogens (primary N) is 1. The number of nitrogens with zero attached hydrogens (tertiary/aromatic N) is 1. The van der Waals surface area contributed by atoms with Crippen LogP contribution in [0.1, 0.15) is 54.4 Å². The van der Waals surface area contributed by atoms with E-state index in [-0.39, 0.29) is 23.1 Å². The van der Waals surface area contributed by atoms with Crippen LogP contribution in [-0.4, -0.2) is 41.4 Å². The second kappa shape index (κ2) is 11.4. The molecule has 0 spiro atoms. The number of hydrogen-bond donors (Lipinski definition) is 3. The molecule has 1 fully saturated rings. The number of benzene rings is 3. The van der Waals surface area contributed by atoms with Gasteiger partial charge in [0.05, 0.1) is 5.69 Å². The third-order valence-electron chi connectivity index (χ3n) is 7.89. The lowest BCUT2D eigenvalue weighted by Crippen LogP contribution is -2.33. The van der Waals surface area contributed by atoms with Crippen molar-refractivity contribution < 1.29 is 19.3 Å². The Morgan fingerprint density at radius 3 is 2.46 bits per heavy atom. The van der Waals surface area contributed by atoms with Gasteiger partial charge in [-0.2, -0.15) is 0 Å². The van der Waals surface area contributed by atoms with Gasteiger partial charge in [-0.1, -0.05) is 24.6 Å². The number of aromatic hydroxyl groups is 2. The average molecular weight is 505 g/mol. The van der Waals surface area contributed by atoms with E-state index >= 15 is 0 Å². The van der Waals surface area contributed by atoms with Crippen molar-refractivity contribution in [1.82, 2.24) is 4.90 Å². The molecule has 196 valence electrons. The molecule has 3 aromatic rings. The number of aryl methyl sites for hydroxylation is 2. The molecule has 1 saturated heterocycles. The fraction of sp³-hybridized carbons (Fsp3) is 0.419. The quantitative estimate of drug-likeness (QED) is 0.258. The average Bonchev–Trinajstić information content (AvgIpc) is 2.91. The first kappa shape index (κ1) is 25.4. The van der Waals surface area contributed by atoms with Gasteiger partial charge in [0.2, 0.25) is 0 Å². The number of anilines is 1. The third-order valence-corrected chi connectivity index (χ3v) is 7.89. The van der Waals surface area contributed by atoms with Gasteiger partial charge in [-0.25, -0.2) is 4.39 Å². The fourth-order valence-electron chi connectivity index (χ4n) is 5.83. The van der Waals surface area contributed by atoms with E-state index in [9.17, 15) is 14.6 Å². The SMILES string of the molecule is Nc1c(O)ccc(-c2c(O)ccc3c2CCCC3)c1CCc1ccc(OCCN2CCCCC2)c(F)c1. The number of phenols is 2. The van der Waals surface area contributed by atoms with Gasteiger partial charge < -0.3 is 20.7 Å².